The van der Waals surface area contributed by atoms with Gasteiger partial charge in [-0.3, -0.25) is 19.2 Å². The molecule has 4 unspecified atom stereocenters. The minimum atomic E-state index is -5.82. The van der Waals surface area contributed by atoms with Crippen molar-refractivity contribution in [3.8, 4) is 10.6 Å². The van der Waals surface area contributed by atoms with Crippen molar-refractivity contribution in [1.82, 2.24) is 0 Å². The lowest BCUT2D eigenvalue weighted by Gasteiger charge is -2.60. The van der Waals surface area contributed by atoms with Gasteiger partial charge in [-0.1, -0.05) is 89.2 Å². The number of hydrogen-bond donors (Lipinski definition) is 2. The van der Waals surface area contributed by atoms with E-state index >= 15 is 0 Å². The van der Waals surface area contributed by atoms with Crippen molar-refractivity contribution in [2.24, 2.45) is 37.9 Å². The second-order valence-electron chi connectivity index (χ2n) is 31.1. The fraction of sp³-hybridized carbons (Fsp3) is 0.562. The van der Waals surface area contributed by atoms with Crippen LogP contribution in [0.2, 0.25) is 0 Å². The maximum absolute atomic E-state index is 13.3. The van der Waals surface area contributed by atoms with Crippen molar-refractivity contribution in [3.05, 3.63) is 137 Å². The monoisotopic (exact) mass is 1950 g/mol. The van der Waals surface area contributed by atoms with Gasteiger partial charge in [0.05, 0.1) is 50.6 Å². The molecule has 6 aromatic rings. The maximum atomic E-state index is 13.3. The first-order chi connectivity index (χ1) is 51.1. The van der Waals surface area contributed by atoms with E-state index in [0.717, 1.165) is 45.1 Å². The molecule has 17 nitrogen and oxygen atoms in total. The van der Waals surface area contributed by atoms with Crippen LogP contribution in [0, 0.1) is 44.2 Å². The van der Waals surface area contributed by atoms with E-state index in [4.69, 9.17) is 19.3 Å². The minimum absolute atomic E-state index is 0.00100. The molecule has 610 valence electrons. The molecular formula is C80H103F6I3N2O15S4. The van der Waals surface area contributed by atoms with E-state index in [1.54, 1.807) is 53.5 Å². The lowest BCUT2D eigenvalue weighted by Crippen LogP contribution is -3.14. The Balaban J connectivity index is 0.000000213. The molecule has 1 aliphatic heterocycles. The molecule has 5 saturated carbocycles. The number of sulfonamides is 1. The van der Waals surface area contributed by atoms with Crippen LogP contribution in [0.15, 0.2) is 120 Å². The van der Waals surface area contributed by atoms with Gasteiger partial charge in [0.2, 0.25) is 6.10 Å². The van der Waals surface area contributed by atoms with Gasteiger partial charge >= 0.3 is 45.6 Å². The highest BCUT2D eigenvalue weighted by Crippen LogP contribution is 2.64. The number of thioether (sulfide) groups is 1. The molecule has 0 amide bonds. The molecule has 2 N–H and O–H groups in total. The molecule has 4 bridgehead atoms. The number of ether oxygens (including phenoxy) is 4. The molecule has 1 aromatic heterocycles. The standard InChI is InChI=1S/C20H29F3O7S.C18H13S.C12H23NO2S.C12H22O2.C10H14O.C8H3F3I3NO3S/c1-4-17(2,3)15(24)30-19-8-12-5-13(9-19)7-18(6-12,11-19)16(25)29-14(20(21,22)23)10-31(26,27)28;1-2-8-14(9-3-1)19-17-12-6-4-10-15(17)16-11-5-7-13-18(16)19;1-4-12(2,3)11(14)15-8-5-13-6-9-16-10-7-13;1-5-11(2,3)10(13)14-12(4)8-6-7-9-12;1-3-8(2)9-5-4-6-10(11)7-9;9-8(10,11)19(17,18)15-7(16)4-1-3(12)2-5(13)6(4)14/h12-14H,4-11H2,1-3H3,(H,26,27,28);1-13H;4-10H2,1-3H3;5-9H2,1-4H3;4-8,11H,3H2,1-2H3;1-2H,(H,15,16)/q;+1;;;;/p-1. The Morgan fingerprint density at radius 2 is 1.21 bits per heavy atom. The molecule has 12 rings (SSSR count). The van der Waals surface area contributed by atoms with Gasteiger partial charge in [0.25, 0.3) is 0 Å². The fourth-order valence-electron chi connectivity index (χ4n) is 13.6. The molecule has 0 radical (unpaired) electrons. The van der Waals surface area contributed by atoms with Crippen LogP contribution in [0.25, 0.3) is 25.1 Å². The van der Waals surface area contributed by atoms with E-state index < -0.39 is 78.0 Å². The summed E-state index contributed by atoms with van der Waals surface area (Å²) < 4.78 is 159. The van der Waals surface area contributed by atoms with Crippen LogP contribution < -0.4 is 10.0 Å². The first-order valence-electron chi connectivity index (χ1n) is 36.9. The van der Waals surface area contributed by atoms with Gasteiger partial charge in [-0.15, -0.1) is 0 Å². The summed E-state index contributed by atoms with van der Waals surface area (Å²) in [6, 6.07) is 38.8. The Labute approximate surface area is 691 Å². The van der Waals surface area contributed by atoms with Crippen molar-refractivity contribution in [1.29, 1.82) is 0 Å². The minimum Gasteiger partial charge on any atom is -0.858 e. The number of carbonyl (C=O) groups is 4. The number of benzene rings is 5. The van der Waals surface area contributed by atoms with Crippen molar-refractivity contribution >= 4 is 160 Å². The Hall–Kier alpha value is -4.59. The number of rotatable bonds is 20. The third-order valence-electron chi connectivity index (χ3n) is 21.2. The van der Waals surface area contributed by atoms with Crippen LogP contribution >= 0.6 is 90.0 Å². The normalized spacial score (nSPS) is 20.4. The third-order valence-corrected chi connectivity index (χ3v) is 29.9. The molecule has 1 saturated heterocycles. The van der Waals surface area contributed by atoms with Gasteiger partial charge in [0.15, 0.2) is 14.3 Å². The number of carbonyl (C=O) groups excluding carboxylic acids is 4. The number of fused-ring (bicyclic) bond motifs is 3. The summed E-state index contributed by atoms with van der Waals surface area (Å²) in [4.78, 5) is 52.2. The van der Waals surface area contributed by atoms with Crippen LogP contribution in [-0.4, -0.2) is 129 Å². The zero-order valence-corrected chi connectivity index (χ0v) is 74.0. The van der Waals surface area contributed by atoms with E-state index in [1.807, 2.05) is 124 Å². The van der Waals surface area contributed by atoms with Gasteiger partial charge in [0.1, 0.15) is 30.1 Å². The van der Waals surface area contributed by atoms with Crippen LogP contribution in [0.4, 0.5) is 26.3 Å². The Bertz CT molecular complexity index is 4310. The smallest absolute Gasteiger partial charge is 0.518 e. The molecule has 30 heteroatoms. The number of alkyl halides is 6. The summed E-state index contributed by atoms with van der Waals surface area (Å²) in [6.45, 7) is 27.5. The van der Waals surface area contributed by atoms with Crippen LogP contribution in [-0.2, 0) is 58.3 Å². The summed E-state index contributed by atoms with van der Waals surface area (Å²) in [5.74, 6) is -1.58. The number of aromatic hydroxyl groups is 1. The average Bonchev–Trinajstić information content (AvgIpc) is 0.912. The number of nitrogens with zero attached hydrogens (tertiary/aromatic N) is 1. The van der Waals surface area contributed by atoms with Gasteiger partial charge in [-0.05, 0) is 284 Å². The molecule has 110 heavy (non-hydrogen) atoms. The Morgan fingerprint density at radius 1 is 0.700 bits per heavy atom. The molecule has 4 atom stereocenters. The SMILES string of the molecule is CCC(C)(C)C(=O)OC1(C)CCCC1.CCC(C)(C)C(=O)OC12CC3CC(C1)CC(C(=O)OC(CS(=O)(=O)[O-])C(F)(F)F)(C3)C2.CCC(C)(C)C(=O)OCC[NH+]1CCSCC1.CCC(C)c1cccc(O)c1.O=S(=O)(N=C([O-])c1cc(I)cc(I)c1I)C(F)(F)F.c1ccc(-[s+]2c3ccccc3c3ccccc32)cc1. The molecule has 5 aliphatic carbocycles. The van der Waals surface area contributed by atoms with E-state index in [-0.39, 0.29) is 62.7 Å². The fourth-order valence-corrected chi connectivity index (χ4v) is 20.5. The number of phenols is 1. The zero-order chi connectivity index (χ0) is 82.2. The highest BCUT2D eigenvalue weighted by Gasteiger charge is 2.64. The van der Waals surface area contributed by atoms with Gasteiger partial charge in [0, 0.05) is 61.3 Å². The number of quaternary nitrogens is 1. The van der Waals surface area contributed by atoms with Crippen molar-refractivity contribution in [2.75, 3.05) is 43.5 Å². The van der Waals surface area contributed by atoms with E-state index in [1.165, 1.54) is 74.1 Å². The van der Waals surface area contributed by atoms with E-state index in [2.05, 4.69) is 109 Å². The maximum Gasteiger partial charge on any atom is 0.518 e. The molecule has 6 fully saturated rings. The first kappa shape index (κ1) is 94.3. The number of phenolic OH excluding ortho intramolecular Hbond substituents is 1. The number of hydrogen-bond acceptors (Lipinski definition) is 16. The van der Waals surface area contributed by atoms with Crippen molar-refractivity contribution in [3.63, 3.8) is 0 Å². The van der Waals surface area contributed by atoms with Crippen LogP contribution in [0.5, 0.6) is 5.75 Å². The van der Waals surface area contributed by atoms with Gasteiger partial charge < -0.3 is 38.6 Å². The van der Waals surface area contributed by atoms with Gasteiger partial charge in [-0.2, -0.15) is 50.9 Å². The average molecular weight is 1960 g/mol. The highest BCUT2D eigenvalue weighted by atomic mass is 127. The second-order valence-corrected chi connectivity index (χ2v) is 40.8. The Morgan fingerprint density at radius 3 is 1.70 bits per heavy atom. The summed E-state index contributed by atoms with van der Waals surface area (Å²) in [5.41, 5.74) is -8.33. The van der Waals surface area contributed by atoms with E-state index in [0.29, 0.717) is 61.1 Å². The zero-order valence-electron chi connectivity index (χ0n) is 64.3. The van der Waals surface area contributed by atoms with Gasteiger partial charge in [-0.25, -0.2) is 8.42 Å². The summed E-state index contributed by atoms with van der Waals surface area (Å²) in [6.07, 6.45) is 2.07. The van der Waals surface area contributed by atoms with Crippen LogP contribution in [0.3, 0.4) is 0 Å². The molecular weight excluding hydrogens is 1850 g/mol. The predicted molar refractivity (Wildman–Crippen MR) is 444 cm³/mol. The molecule has 2 heterocycles. The molecule has 5 aromatic carbocycles. The number of halogens is 9. The topological polar surface area (TPSA) is 257 Å². The number of esters is 4. The summed E-state index contributed by atoms with van der Waals surface area (Å²) in [5, 5.41) is 23.5. The largest absolute Gasteiger partial charge is 0.858 e. The lowest BCUT2D eigenvalue weighted by atomic mass is 9.48. The van der Waals surface area contributed by atoms with Crippen molar-refractivity contribution in [2.45, 2.75) is 208 Å². The Kier molecular flexibility index (Phi) is 34.1. The first-order valence-corrected chi connectivity index (χ1v) is 45.5. The van der Waals surface area contributed by atoms with Crippen molar-refractivity contribution < 1.29 is 101 Å². The number of nitrogens with one attached hydrogen (secondary N) is 1. The summed E-state index contributed by atoms with van der Waals surface area (Å²) >= 11 is 7.50. The highest BCUT2D eigenvalue weighted by molar-refractivity contribution is 14.1. The lowest BCUT2D eigenvalue weighted by molar-refractivity contribution is -0.896. The van der Waals surface area contributed by atoms with E-state index in [9.17, 15) is 72.0 Å². The second kappa shape index (κ2) is 39.8. The predicted octanol–water partition coefficient (Wildman–Crippen LogP) is 18.3. The quantitative estimate of drug-likeness (QED) is 0.00829. The molecule has 0 spiro atoms. The summed E-state index contributed by atoms with van der Waals surface area (Å²) in [7, 11) is -11.0. The van der Waals surface area contributed by atoms with Crippen LogP contribution in [0.1, 0.15) is 190 Å². The number of thiophene rings is 1. The molecule has 6 aliphatic rings. The third kappa shape index (κ3) is 26.5.